The monoisotopic (exact) mass is 1220 g/mol. The fraction of sp³-hybridized carbons (Fsp3) is 0.483. The molecule has 26 heteroatoms. The molecule has 0 saturated heterocycles. The normalized spacial score (nSPS) is 13.4. The van der Waals surface area contributed by atoms with Crippen molar-refractivity contribution in [3.63, 3.8) is 0 Å². The number of aliphatic carboxylic acids is 3. The van der Waals surface area contributed by atoms with Crippen molar-refractivity contribution in [2.45, 2.75) is 133 Å². The van der Waals surface area contributed by atoms with Crippen LogP contribution >= 0.6 is 0 Å². The van der Waals surface area contributed by atoms with Crippen LogP contribution in [0, 0.1) is 29.5 Å². The van der Waals surface area contributed by atoms with Crippen molar-refractivity contribution in [3.8, 4) is 5.75 Å². The second-order valence-corrected chi connectivity index (χ2v) is 22.8. The maximum atomic E-state index is 14.6. The summed E-state index contributed by atoms with van der Waals surface area (Å²) < 4.78 is 48.2. The number of nitrogens with one attached hydrogen (secondary N) is 6. The predicted molar refractivity (Wildman–Crippen MR) is 311 cm³/mol. The van der Waals surface area contributed by atoms with E-state index >= 15 is 0 Å². The number of aromatic nitrogens is 1. The minimum Gasteiger partial charge on any atom is -0.497 e. The Kier molecular flexibility index (Phi) is 29.3. The number of halogens is 1. The van der Waals surface area contributed by atoms with Gasteiger partial charge in [-0.15, -0.1) is 0 Å². The second-order valence-electron chi connectivity index (χ2n) is 21.1. The number of para-hydroxylation sites is 1. The summed E-state index contributed by atoms with van der Waals surface area (Å²) in [6, 6.07) is 13.8. The zero-order valence-electron chi connectivity index (χ0n) is 48.2. The van der Waals surface area contributed by atoms with E-state index in [1.807, 2.05) is 4.72 Å². The SMILES string of the molecule is CNC(=O)[C@@H](CCCCN)CC(=O)CCCCCNC(=O)[C@H](CCC(=O)O)CC(=O)[C@H](Cc1c[nH]c2ccccc12)NC(=O)[C@@H](CC(=O)CNC(=O)[C@H](CCC(=O)O)CC(=O)[C@@H](CC(=O)O)NS(=O)(=O)c1ccc(OC)cc1)Cc1cccc(F)c1. The number of H-pyrrole nitrogens is 1. The molecule has 0 fully saturated rings. The van der Waals surface area contributed by atoms with Gasteiger partial charge < -0.3 is 52.0 Å². The lowest BCUT2D eigenvalue weighted by Crippen LogP contribution is -2.47. The number of ketones is 4. The molecule has 11 N–H and O–H groups in total. The Hall–Kier alpha value is -8.23. The van der Waals surface area contributed by atoms with Crippen molar-refractivity contribution < 1.29 is 85.6 Å². The summed E-state index contributed by atoms with van der Waals surface area (Å²) in [6.07, 6.45) is -0.123. The highest BCUT2D eigenvalue weighted by molar-refractivity contribution is 7.89. The number of sulfonamides is 1. The Labute approximate surface area is 497 Å². The maximum absolute atomic E-state index is 14.6. The number of hydrogen-bond acceptors (Lipinski definition) is 15. The molecule has 86 heavy (non-hydrogen) atoms. The molecular weight excluding hydrogens is 1140 g/mol. The molecule has 0 radical (unpaired) electrons. The lowest BCUT2D eigenvalue weighted by atomic mass is 9.89. The largest absolute Gasteiger partial charge is 0.497 e. The van der Waals surface area contributed by atoms with Crippen LogP contribution in [0.2, 0.25) is 0 Å². The fourth-order valence-corrected chi connectivity index (χ4v) is 11.0. The van der Waals surface area contributed by atoms with Gasteiger partial charge in [-0.05, 0) is 105 Å². The molecule has 3 aromatic carbocycles. The summed E-state index contributed by atoms with van der Waals surface area (Å²) in [5.41, 5.74) is 7.10. The quantitative estimate of drug-likeness (QED) is 0.0279. The van der Waals surface area contributed by atoms with Crippen LogP contribution in [0.4, 0.5) is 4.39 Å². The molecule has 0 spiro atoms. The number of aromatic amines is 1. The number of benzene rings is 3. The number of hydrogen-bond donors (Lipinski definition) is 10. The summed E-state index contributed by atoms with van der Waals surface area (Å²) in [6.45, 7) is -0.207. The highest BCUT2D eigenvalue weighted by Gasteiger charge is 2.35. The van der Waals surface area contributed by atoms with Crippen molar-refractivity contribution in [2.75, 3.05) is 33.8 Å². The molecule has 1 heterocycles. The van der Waals surface area contributed by atoms with Crippen LogP contribution in [0.1, 0.15) is 114 Å². The van der Waals surface area contributed by atoms with E-state index in [1.165, 1.54) is 38.4 Å². The Morgan fingerprint density at radius 2 is 1.24 bits per heavy atom. The standard InChI is InChI=1S/C60H78FN7O17S/c1-63-57(79)38(12-7-8-25-62)29-44(69)14-4-3-9-26-64-58(80)39(17-23-54(73)74)32-52(71)50(31-42-35-65-49-16-6-5-15-48(42)49)67-60(82)41(27-37-11-10-13-43(61)28-37)30-45(70)36-66-59(81)40(18-24-55(75)76)33-53(72)51(34-56(77)78)68-86(83,84)47-21-19-46(85-2)20-22-47/h5-6,10-11,13,15-16,19-22,28,35,38-41,50-51,65,68H,3-4,7-9,12,14,17-18,23-27,29-34,36,62H2,1-2H3,(H,63,79)(H,64,80)(H,66,81)(H,67,82)(H,73,74)(H,75,76)(H,77,78)/t38-,39+,40+,41+,50-,51+/m0/s1. The van der Waals surface area contributed by atoms with E-state index < -0.39 is 156 Å². The first-order chi connectivity index (χ1) is 40.9. The van der Waals surface area contributed by atoms with Gasteiger partial charge in [0.1, 0.15) is 17.3 Å². The molecule has 4 amide bonds. The van der Waals surface area contributed by atoms with Gasteiger partial charge in [-0.3, -0.25) is 52.7 Å². The zero-order valence-corrected chi connectivity index (χ0v) is 49.1. The first-order valence-electron chi connectivity index (χ1n) is 28.4. The van der Waals surface area contributed by atoms with E-state index in [1.54, 1.807) is 30.5 Å². The first-order valence-corrected chi connectivity index (χ1v) is 29.9. The summed E-state index contributed by atoms with van der Waals surface area (Å²) in [4.78, 5) is 147. The van der Waals surface area contributed by atoms with E-state index in [2.05, 4.69) is 26.3 Å². The number of fused-ring (bicyclic) bond motifs is 1. The van der Waals surface area contributed by atoms with Gasteiger partial charge in [0.05, 0.1) is 37.1 Å². The Morgan fingerprint density at radius 1 is 0.616 bits per heavy atom. The van der Waals surface area contributed by atoms with Crippen LogP contribution in [-0.2, 0) is 75.6 Å². The number of amides is 4. The molecule has 0 aliphatic heterocycles. The summed E-state index contributed by atoms with van der Waals surface area (Å²) in [5, 5.41) is 39.9. The summed E-state index contributed by atoms with van der Waals surface area (Å²) in [7, 11) is -1.68. The lowest BCUT2D eigenvalue weighted by Gasteiger charge is -2.24. The molecule has 0 unspecified atom stereocenters. The molecular formula is C60H78FN7O17S. The Morgan fingerprint density at radius 3 is 1.86 bits per heavy atom. The van der Waals surface area contributed by atoms with Gasteiger partial charge in [0, 0.05) is 106 Å². The first kappa shape index (κ1) is 70.3. The second kappa shape index (κ2) is 35.9. The van der Waals surface area contributed by atoms with Gasteiger partial charge in [0.15, 0.2) is 17.3 Å². The molecule has 6 atom stereocenters. The fourth-order valence-electron chi connectivity index (χ4n) is 9.78. The number of nitrogens with two attached hydrogens (primary N) is 1. The number of methoxy groups -OCH3 is 1. The van der Waals surface area contributed by atoms with Crippen LogP contribution in [0.3, 0.4) is 0 Å². The third-order valence-electron chi connectivity index (χ3n) is 14.5. The smallest absolute Gasteiger partial charge is 0.305 e. The third-order valence-corrected chi connectivity index (χ3v) is 16.0. The summed E-state index contributed by atoms with van der Waals surface area (Å²) in [5.74, 6) is -14.5. The molecule has 468 valence electrons. The number of carboxylic acids is 3. The minimum atomic E-state index is -4.54. The molecule has 0 bridgehead atoms. The van der Waals surface area contributed by atoms with Gasteiger partial charge in [0.25, 0.3) is 0 Å². The van der Waals surface area contributed by atoms with Crippen LogP contribution in [0.25, 0.3) is 10.9 Å². The van der Waals surface area contributed by atoms with E-state index in [0.29, 0.717) is 60.9 Å². The Bertz CT molecular complexity index is 3120. The molecule has 24 nitrogen and oxygen atoms in total. The summed E-state index contributed by atoms with van der Waals surface area (Å²) >= 11 is 0. The third kappa shape index (κ3) is 24.4. The topological polar surface area (TPSA) is 394 Å². The number of unbranched alkanes of at least 4 members (excludes halogenated alkanes) is 3. The molecule has 0 aliphatic rings. The van der Waals surface area contributed by atoms with E-state index in [9.17, 15) is 80.9 Å². The van der Waals surface area contributed by atoms with Crippen molar-refractivity contribution in [1.29, 1.82) is 0 Å². The van der Waals surface area contributed by atoms with Crippen molar-refractivity contribution in [1.82, 2.24) is 31.0 Å². The van der Waals surface area contributed by atoms with Gasteiger partial charge in [-0.2, -0.15) is 0 Å². The van der Waals surface area contributed by atoms with Crippen LogP contribution in [-0.4, -0.2) is 139 Å². The average Bonchev–Trinajstić information content (AvgIpc) is 3.11. The highest BCUT2D eigenvalue weighted by atomic mass is 32.2. The highest BCUT2D eigenvalue weighted by Crippen LogP contribution is 2.25. The predicted octanol–water partition coefficient (Wildman–Crippen LogP) is 4.11. The lowest BCUT2D eigenvalue weighted by molar-refractivity contribution is -0.140. The number of rotatable bonds is 43. The molecule has 4 aromatic rings. The van der Waals surface area contributed by atoms with Crippen molar-refractivity contribution >= 4 is 85.6 Å². The van der Waals surface area contributed by atoms with Crippen molar-refractivity contribution in [2.24, 2.45) is 29.4 Å². The van der Waals surface area contributed by atoms with Gasteiger partial charge in [-0.1, -0.05) is 43.2 Å². The number of carbonyl (C=O) groups is 11. The van der Waals surface area contributed by atoms with Gasteiger partial charge >= 0.3 is 17.9 Å². The van der Waals surface area contributed by atoms with Crippen LogP contribution in [0.5, 0.6) is 5.75 Å². The number of ether oxygens (including phenoxy) is 1. The van der Waals surface area contributed by atoms with Crippen LogP contribution < -0.4 is 36.5 Å². The van der Waals surface area contributed by atoms with Crippen molar-refractivity contribution in [3.05, 3.63) is 95.9 Å². The van der Waals surface area contributed by atoms with Gasteiger partial charge in [-0.25, -0.2) is 17.5 Å². The maximum Gasteiger partial charge on any atom is 0.305 e. The van der Waals surface area contributed by atoms with Crippen LogP contribution in [0.15, 0.2) is 83.9 Å². The number of carboxylic acid groups (broad SMARTS) is 3. The molecule has 0 aliphatic carbocycles. The Balaban J connectivity index is 1.52. The number of Topliss-reactive ketones (excluding diaryl/α,β-unsaturated/α-hetero) is 4. The zero-order chi connectivity index (χ0) is 63.3. The van der Waals surface area contributed by atoms with E-state index in [-0.39, 0.29) is 60.8 Å². The van der Waals surface area contributed by atoms with E-state index in [4.69, 9.17) is 10.5 Å². The van der Waals surface area contributed by atoms with Gasteiger partial charge in [0.2, 0.25) is 33.7 Å². The minimum absolute atomic E-state index is 0.0776. The molecule has 4 rings (SSSR count). The van der Waals surface area contributed by atoms with E-state index in [0.717, 1.165) is 30.7 Å². The average molecular weight is 1220 g/mol. The number of carbonyl (C=O) groups excluding carboxylic acids is 8. The molecule has 0 saturated carbocycles. The molecule has 1 aromatic heterocycles.